The van der Waals surface area contributed by atoms with Crippen LogP contribution in [0.1, 0.15) is 25.3 Å². The van der Waals surface area contributed by atoms with Crippen LogP contribution >= 0.6 is 0 Å². The van der Waals surface area contributed by atoms with Gasteiger partial charge in [-0.05, 0) is 50.9 Å². The van der Waals surface area contributed by atoms with E-state index in [0.29, 0.717) is 5.95 Å². The molecule has 2 heterocycles. The Balaban J connectivity index is 1.92. The molecule has 20 heavy (non-hydrogen) atoms. The third kappa shape index (κ3) is 2.29. The van der Waals surface area contributed by atoms with E-state index in [0.717, 1.165) is 37.0 Å². The highest BCUT2D eigenvalue weighted by Gasteiger charge is 2.23. The van der Waals surface area contributed by atoms with Crippen molar-refractivity contribution in [3.8, 4) is 0 Å². The van der Waals surface area contributed by atoms with Gasteiger partial charge in [-0.25, -0.2) is 4.98 Å². The summed E-state index contributed by atoms with van der Waals surface area (Å²) in [5.41, 5.74) is 3.17. The first-order valence-electron chi connectivity index (χ1n) is 7.20. The fourth-order valence-electron chi connectivity index (χ4n) is 2.76. The number of nitrogens with one attached hydrogen (secondary N) is 2. The Bertz CT molecular complexity index is 641. The fraction of sp³-hybridized carbons (Fsp3) is 0.467. The quantitative estimate of drug-likeness (QED) is 0.899. The second-order valence-electron chi connectivity index (χ2n) is 5.31. The lowest BCUT2D eigenvalue weighted by Crippen LogP contribution is -2.36. The summed E-state index contributed by atoms with van der Waals surface area (Å²) in [7, 11) is 0. The van der Waals surface area contributed by atoms with E-state index in [1.807, 2.05) is 17.6 Å². The highest BCUT2D eigenvalue weighted by Crippen LogP contribution is 2.21. The summed E-state index contributed by atoms with van der Waals surface area (Å²) >= 11 is 0. The maximum absolute atomic E-state index is 12.2. The normalized spacial score (nSPS) is 18.6. The second-order valence-corrected chi connectivity index (χ2v) is 5.31. The lowest BCUT2D eigenvalue weighted by atomic mass is 10.2. The molecule has 0 radical (unpaired) electrons. The summed E-state index contributed by atoms with van der Waals surface area (Å²) in [5, 5.41) is 6.17. The van der Waals surface area contributed by atoms with Crippen LogP contribution in [0.4, 0.5) is 5.95 Å². The van der Waals surface area contributed by atoms with Gasteiger partial charge in [0.15, 0.2) is 0 Å². The second kappa shape index (κ2) is 5.25. The Labute approximate surface area is 118 Å². The standard InChI is InChI=1S/C15H20N4O/c1-3-19-13-7-6-10(2)9-12(13)17-15(19)18-14(20)11-5-4-8-16-11/h6-7,9,11,16H,3-5,8H2,1-2H3,(H,17,18,20). The number of hydrogen-bond acceptors (Lipinski definition) is 3. The predicted molar refractivity (Wildman–Crippen MR) is 79.8 cm³/mol. The van der Waals surface area contributed by atoms with Crippen molar-refractivity contribution in [1.82, 2.24) is 14.9 Å². The van der Waals surface area contributed by atoms with E-state index < -0.39 is 0 Å². The number of rotatable bonds is 3. The van der Waals surface area contributed by atoms with E-state index in [2.05, 4.69) is 34.7 Å². The van der Waals surface area contributed by atoms with Gasteiger partial charge in [0.1, 0.15) is 0 Å². The van der Waals surface area contributed by atoms with Crippen LogP contribution in [-0.2, 0) is 11.3 Å². The minimum atomic E-state index is -0.0816. The smallest absolute Gasteiger partial charge is 0.243 e. The Hall–Kier alpha value is -1.88. The Kier molecular flexibility index (Phi) is 3.44. The molecular formula is C15H20N4O. The minimum Gasteiger partial charge on any atom is -0.310 e. The number of fused-ring (bicyclic) bond motifs is 1. The van der Waals surface area contributed by atoms with Crippen molar-refractivity contribution in [1.29, 1.82) is 0 Å². The van der Waals surface area contributed by atoms with E-state index in [9.17, 15) is 4.79 Å². The molecule has 1 aliphatic rings. The summed E-state index contributed by atoms with van der Waals surface area (Å²) in [4.78, 5) is 16.8. The van der Waals surface area contributed by atoms with Gasteiger partial charge in [0.25, 0.3) is 0 Å². The predicted octanol–water partition coefficient (Wildman–Crippen LogP) is 2.06. The van der Waals surface area contributed by atoms with Crippen LogP contribution in [0.2, 0.25) is 0 Å². The molecular weight excluding hydrogens is 252 g/mol. The first-order chi connectivity index (χ1) is 9.69. The number of anilines is 1. The summed E-state index contributed by atoms with van der Waals surface area (Å²) in [6, 6.07) is 6.09. The molecule has 1 unspecified atom stereocenters. The molecule has 106 valence electrons. The highest BCUT2D eigenvalue weighted by atomic mass is 16.2. The minimum absolute atomic E-state index is 0.0178. The van der Waals surface area contributed by atoms with E-state index in [4.69, 9.17) is 0 Å². The number of hydrogen-bond donors (Lipinski definition) is 2. The van der Waals surface area contributed by atoms with Crippen molar-refractivity contribution < 1.29 is 4.79 Å². The van der Waals surface area contributed by atoms with Crippen molar-refractivity contribution in [2.24, 2.45) is 0 Å². The molecule has 1 aromatic carbocycles. The zero-order valence-electron chi connectivity index (χ0n) is 11.9. The van der Waals surface area contributed by atoms with Gasteiger partial charge in [0, 0.05) is 6.54 Å². The molecule has 1 atom stereocenters. The molecule has 1 saturated heterocycles. The average Bonchev–Trinajstić information content (AvgIpc) is 3.04. The monoisotopic (exact) mass is 272 g/mol. The van der Waals surface area contributed by atoms with E-state index in [1.54, 1.807) is 0 Å². The number of imidazole rings is 1. The first-order valence-corrected chi connectivity index (χ1v) is 7.20. The Morgan fingerprint density at radius 3 is 3.10 bits per heavy atom. The van der Waals surface area contributed by atoms with Gasteiger partial charge in [-0.3, -0.25) is 10.1 Å². The number of aryl methyl sites for hydroxylation is 2. The van der Waals surface area contributed by atoms with E-state index in [1.165, 1.54) is 5.56 Å². The molecule has 2 N–H and O–H groups in total. The summed E-state index contributed by atoms with van der Waals surface area (Å²) in [6.07, 6.45) is 1.96. The van der Waals surface area contributed by atoms with Gasteiger partial charge < -0.3 is 9.88 Å². The topological polar surface area (TPSA) is 59.0 Å². The summed E-state index contributed by atoms with van der Waals surface area (Å²) in [5.74, 6) is 0.663. The molecule has 0 bridgehead atoms. The first kappa shape index (κ1) is 13.1. The van der Waals surface area contributed by atoms with Gasteiger partial charge in [-0.15, -0.1) is 0 Å². The van der Waals surface area contributed by atoms with Crippen LogP contribution < -0.4 is 10.6 Å². The average molecular weight is 272 g/mol. The summed E-state index contributed by atoms with van der Waals surface area (Å²) < 4.78 is 2.04. The molecule has 2 aromatic rings. The molecule has 0 aliphatic carbocycles. The number of carbonyl (C=O) groups is 1. The molecule has 1 fully saturated rings. The number of nitrogens with zero attached hydrogens (tertiary/aromatic N) is 2. The number of amides is 1. The molecule has 5 nitrogen and oxygen atoms in total. The lowest BCUT2D eigenvalue weighted by molar-refractivity contribution is -0.117. The molecule has 1 aromatic heterocycles. The van der Waals surface area contributed by atoms with Crippen LogP contribution in [0.3, 0.4) is 0 Å². The van der Waals surface area contributed by atoms with Crippen LogP contribution in [-0.4, -0.2) is 28.0 Å². The van der Waals surface area contributed by atoms with Gasteiger partial charge in [0.2, 0.25) is 11.9 Å². The molecule has 0 saturated carbocycles. The van der Waals surface area contributed by atoms with Crippen molar-refractivity contribution in [2.45, 2.75) is 39.3 Å². The van der Waals surface area contributed by atoms with Gasteiger partial charge in [0.05, 0.1) is 17.1 Å². The van der Waals surface area contributed by atoms with Crippen molar-refractivity contribution in [3.05, 3.63) is 23.8 Å². The van der Waals surface area contributed by atoms with Gasteiger partial charge in [-0.1, -0.05) is 6.07 Å². The van der Waals surface area contributed by atoms with Crippen LogP contribution in [0, 0.1) is 6.92 Å². The van der Waals surface area contributed by atoms with Gasteiger partial charge >= 0.3 is 0 Å². The van der Waals surface area contributed by atoms with Crippen LogP contribution in [0.5, 0.6) is 0 Å². The van der Waals surface area contributed by atoms with Crippen LogP contribution in [0.15, 0.2) is 18.2 Å². The third-order valence-corrected chi connectivity index (χ3v) is 3.83. The molecule has 5 heteroatoms. The molecule has 1 aliphatic heterocycles. The molecule has 1 amide bonds. The summed E-state index contributed by atoms with van der Waals surface area (Å²) in [6.45, 7) is 5.81. The maximum Gasteiger partial charge on any atom is 0.243 e. The molecule has 3 rings (SSSR count). The zero-order chi connectivity index (χ0) is 14.1. The fourth-order valence-corrected chi connectivity index (χ4v) is 2.76. The maximum atomic E-state index is 12.2. The molecule has 0 spiro atoms. The van der Waals surface area contributed by atoms with Crippen LogP contribution in [0.25, 0.3) is 11.0 Å². The number of benzene rings is 1. The highest BCUT2D eigenvalue weighted by molar-refractivity contribution is 5.95. The Morgan fingerprint density at radius 2 is 2.40 bits per heavy atom. The van der Waals surface area contributed by atoms with Gasteiger partial charge in [-0.2, -0.15) is 0 Å². The number of aromatic nitrogens is 2. The van der Waals surface area contributed by atoms with Crippen molar-refractivity contribution >= 4 is 22.9 Å². The third-order valence-electron chi connectivity index (χ3n) is 3.83. The van der Waals surface area contributed by atoms with E-state index >= 15 is 0 Å². The SMILES string of the molecule is CCn1c(NC(=O)C2CCCN2)nc2cc(C)ccc21. The zero-order valence-corrected chi connectivity index (χ0v) is 11.9. The van der Waals surface area contributed by atoms with Crippen molar-refractivity contribution in [3.63, 3.8) is 0 Å². The number of carbonyl (C=O) groups excluding carboxylic acids is 1. The Morgan fingerprint density at radius 1 is 1.55 bits per heavy atom. The van der Waals surface area contributed by atoms with E-state index in [-0.39, 0.29) is 11.9 Å². The lowest BCUT2D eigenvalue weighted by Gasteiger charge is -2.11. The largest absolute Gasteiger partial charge is 0.310 e. The van der Waals surface area contributed by atoms with Crippen molar-refractivity contribution in [2.75, 3.05) is 11.9 Å².